The lowest BCUT2D eigenvalue weighted by Crippen LogP contribution is -2.40. The number of anilines is 2. The van der Waals surface area contributed by atoms with E-state index >= 15 is 0 Å². The van der Waals surface area contributed by atoms with Gasteiger partial charge < -0.3 is 10.1 Å². The first-order chi connectivity index (χ1) is 8.50. The number of hydrogen-bond acceptors (Lipinski definition) is 6. The third kappa shape index (κ3) is 3.08. The third-order valence-corrected chi connectivity index (χ3v) is 3.14. The average Bonchev–Trinajstić information content (AvgIpc) is 2.31. The Bertz CT molecular complexity index is 421. The van der Waals surface area contributed by atoms with Gasteiger partial charge in [0.1, 0.15) is 5.82 Å². The minimum atomic E-state index is -0.0776. The van der Waals surface area contributed by atoms with Crippen LogP contribution in [0.4, 0.5) is 11.8 Å². The smallest absolute Gasteiger partial charge is 0.239 e. The number of aromatic nitrogens is 2. The van der Waals surface area contributed by atoms with E-state index < -0.39 is 0 Å². The standard InChI is InChI=1S/C12H21N5O/c1-8-7-14-11(17-13)16-10(8)15-9-4-5-18-12(2,3)6-9/h7,9H,4-6,13H2,1-3H3,(H2,14,15,16,17). The van der Waals surface area contributed by atoms with Crippen molar-refractivity contribution in [3.8, 4) is 0 Å². The van der Waals surface area contributed by atoms with E-state index in [2.05, 4.69) is 34.6 Å². The van der Waals surface area contributed by atoms with E-state index in [1.165, 1.54) is 0 Å². The summed E-state index contributed by atoms with van der Waals surface area (Å²) >= 11 is 0. The van der Waals surface area contributed by atoms with Crippen LogP contribution in [-0.2, 0) is 4.74 Å². The van der Waals surface area contributed by atoms with Crippen LogP contribution in [0.1, 0.15) is 32.3 Å². The van der Waals surface area contributed by atoms with Gasteiger partial charge in [-0.3, -0.25) is 5.43 Å². The summed E-state index contributed by atoms with van der Waals surface area (Å²) < 4.78 is 5.70. The molecule has 0 amide bonds. The number of nitrogen functional groups attached to an aromatic ring is 1. The van der Waals surface area contributed by atoms with Crippen molar-refractivity contribution in [1.82, 2.24) is 9.97 Å². The molecule has 6 nitrogen and oxygen atoms in total. The Morgan fingerprint density at radius 1 is 1.50 bits per heavy atom. The fourth-order valence-corrected chi connectivity index (χ4v) is 2.21. The average molecular weight is 251 g/mol. The maximum Gasteiger partial charge on any atom is 0.239 e. The summed E-state index contributed by atoms with van der Waals surface area (Å²) in [7, 11) is 0. The van der Waals surface area contributed by atoms with E-state index in [4.69, 9.17) is 10.6 Å². The van der Waals surface area contributed by atoms with Crippen LogP contribution in [0.15, 0.2) is 6.20 Å². The van der Waals surface area contributed by atoms with E-state index in [-0.39, 0.29) is 5.60 Å². The number of nitrogens with two attached hydrogens (primary N) is 1. The van der Waals surface area contributed by atoms with Crippen LogP contribution in [0.2, 0.25) is 0 Å². The van der Waals surface area contributed by atoms with Gasteiger partial charge in [0.25, 0.3) is 0 Å². The summed E-state index contributed by atoms with van der Waals surface area (Å²) in [5.41, 5.74) is 3.40. The molecule has 1 aromatic heterocycles. The first-order valence-electron chi connectivity index (χ1n) is 6.21. The zero-order valence-electron chi connectivity index (χ0n) is 11.2. The molecular formula is C12H21N5O. The summed E-state index contributed by atoms with van der Waals surface area (Å²) in [5.74, 6) is 6.58. The maximum atomic E-state index is 5.70. The van der Waals surface area contributed by atoms with Gasteiger partial charge in [-0.25, -0.2) is 10.8 Å². The van der Waals surface area contributed by atoms with Crippen LogP contribution in [0.3, 0.4) is 0 Å². The van der Waals surface area contributed by atoms with Crippen molar-refractivity contribution in [2.45, 2.75) is 45.3 Å². The molecule has 1 fully saturated rings. The Kier molecular flexibility index (Phi) is 3.68. The second-order valence-corrected chi connectivity index (χ2v) is 5.31. The molecule has 1 aromatic rings. The van der Waals surface area contributed by atoms with E-state index in [1.807, 2.05) is 6.92 Å². The van der Waals surface area contributed by atoms with E-state index in [9.17, 15) is 0 Å². The molecule has 100 valence electrons. The second-order valence-electron chi connectivity index (χ2n) is 5.31. The number of nitrogens with zero attached hydrogens (tertiary/aromatic N) is 2. The molecule has 6 heteroatoms. The summed E-state index contributed by atoms with van der Waals surface area (Å²) in [6.45, 7) is 6.98. The highest BCUT2D eigenvalue weighted by Gasteiger charge is 2.29. The van der Waals surface area contributed by atoms with Crippen molar-refractivity contribution in [2.75, 3.05) is 17.3 Å². The molecule has 0 bridgehead atoms. The molecule has 1 saturated heterocycles. The molecule has 0 aromatic carbocycles. The Morgan fingerprint density at radius 3 is 2.94 bits per heavy atom. The minimum Gasteiger partial charge on any atom is -0.375 e. The van der Waals surface area contributed by atoms with Gasteiger partial charge >= 0.3 is 0 Å². The van der Waals surface area contributed by atoms with Crippen molar-refractivity contribution in [3.05, 3.63) is 11.8 Å². The van der Waals surface area contributed by atoms with Gasteiger partial charge in [0, 0.05) is 24.4 Å². The Balaban J connectivity index is 2.09. The lowest BCUT2D eigenvalue weighted by atomic mass is 9.94. The molecule has 4 N–H and O–H groups in total. The number of hydrazine groups is 1. The van der Waals surface area contributed by atoms with Gasteiger partial charge in [-0.15, -0.1) is 0 Å². The predicted molar refractivity (Wildman–Crippen MR) is 71.3 cm³/mol. The van der Waals surface area contributed by atoms with Crippen LogP contribution in [-0.4, -0.2) is 28.2 Å². The SMILES string of the molecule is Cc1cnc(NN)nc1NC1CCOC(C)(C)C1. The zero-order chi connectivity index (χ0) is 13.2. The number of nitrogens with one attached hydrogen (secondary N) is 2. The summed E-state index contributed by atoms with van der Waals surface area (Å²) in [4.78, 5) is 8.40. The largest absolute Gasteiger partial charge is 0.375 e. The highest BCUT2D eigenvalue weighted by molar-refractivity contribution is 5.46. The van der Waals surface area contributed by atoms with E-state index in [0.29, 0.717) is 12.0 Å². The molecule has 1 unspecified atom stereocenters. The third-order valence-electron chi connectivity index (χ3n) is 3.14. The molecule has 2 rings (SSSR count). The van der Waals surface area contributed by atoms with Crippen molar-refractivity contribution in [2.24, 2.45) is 5.84 Å². The molecule has 1 atom stereocenters. The second kappa shape index (κ2) is 5.07. The first-order valence-corrected chi connectivity index (χ1v) is 6.21. The lowest BCUT2D eigenvalue weighted by Gasteiger charge is -2.36. The van der Waals surface area contributed by atoms with Gasteiger partial charge in [-0.1, -0.05) is 0 Å². The van der Waals surface area contributed by atoms with Crippen LogP contribution >= 0.6 is 0 Å². The van der Waals surface area contributed by atoms with Crippen LogP contribution in [0, 0.1) is 6.92 Å². The molecule has 2 heterocycles. The van der Waals surface area contributed by atoms with E-state index in [1.54, 1.807) is 6.20 Å². The molecule has 1 aliphatic heterocycles. The number of ether oxygens (including phenoxy) is 1. The number of hydrogen-bond donors (Lipinski definition) is 3. The summed E-state index contributed by atoms with van der Waals surface area (Å²) in [5, 5.41) is 3.45. The molecule has 0 aliphatic carbocycles. The van der Waals surface area contributed by atoms with Crippen molar-refractivity contribution in [1.29, 1.82) is 0 Å². The topological polar surface area (TPSA) is 85.1 Å². The Labute approximate surface area is 107 Å². The highest BCUT2D eigenvalue weighted by Crippen LogP contribution is 2.26. The molecule has 0 saturated carbocycles. The molecule has 1 aliphatic rings. The Hall–Kier alpha value is -1.40. The summed E-state index contributed by atoms with van der Waals surface area (Å²) in [6, 6.07) is 0.368. The van der Waals surface area contributed by atoms with Gasteiger partial charge in [0.2, 0.25) is 5.95 Å². The number of aryl methyl sites for hydroxylation is 1. The number of rotatable bonds is 3. The quantitative estimate of drug-likeness (QED) is 0.557. The summed E-state index contributed by atoms with van der Waals surface area (Å²) in [6.07, 6.45) is 3.70. The minimum absolute atomic E-state index is 0.0776. The zero-order valence-corrected chi connectivity index (χ0v) is 11.2. The van der Waals surface area contributed by atoms with Gasteiger partial charge in [0.15, 0.2) is 0 Å². The highest BCUT2D eigenvalue weighted by atomic mass is 16.5. The molecular weight excluding hydrogens is 230 g/mol. The normalized spacial score (nSPS) is 22.6. The fourth-order valence-electron chi connectivity index (χ4n) is 2.21. The maximum absolute atomic E-state index is 5.70. The monoisotopic (exact) mass is 251 g/mol. The van der Waals surface area contributed by atoms with Crippen LogP contribution in [0.25, 0.3) is 0 Å². The van der Waals surface area contributed by atoms with Crippen molar-refractivity contribution >= 4 is 11.8 Å². The molecule has 18 heavy (non-hydrogen) atoms. The van der Waals surface area contributed by atoms with Gasteiger partial charge in [-0.2, -0.15) is 4.98 Å². The van der Waals surface area contributed by atoms with Crippen molar-refractivity contribution < 1.29 is 4.74 Å². The molecule has 0 spiro atoms. The van der Waals surface area contributed by atoms with Crippen LogP contribution in [0.5, 0.6) is 0 Å². The van der Waals surface area contributed by atoms with Crippen LogP contribution < -0.4 is 16.6 Å². The van der Waals surface area contributed by atoms with Gasteiger partial charge in [0.05, 0.1) is 5.60 Å². The first kappa shape index (κ1) is 13.0. The fraction of sp³-hybridized carbons (Fsp3) is 0.667. The van der Waals surface area contributed by atoms with Gasteiger partial charge in [-0.05, 0) is 33.6 Å². The van der Waals surface area contributed by atoms with E-state index in [0.717, 1.165) is 30.8 Å². The Morgan fingerprint density at radius 2 is 2.28 bits per heavy atom. The lowest BCUT2D eigenvalue weighted by molar-refractivity contribution is -0.0553. The van der Waals surface area contributed by atoms with Crippen molar-refractivity contribution in [3.63, 3.8) is 0 Å². The predicted octanol–water partition coefficient (Wildman–Crippen LogP) is 1.44. The molecule has 0 radical (unpaired) electrons.